The molecule has 1 aromatic rings. The van der Waals surface area contributed by atoms with E-state index >= 15 is 0 Å². The zero-order chi connectivity index (χ0) is 12.1. The molecule has 0 saturated heterocycles. The van der Waals surface area contributed by atoms with Crippen molar-refractivity contribution in [3.63, 3.8) is 0 Å². The molecule has 0 aliphatic heterocycles. The molecular weight excluding hydrogens is 212 g/mol. The van der Waals surface area contributed by atoms with Crippen LogP contribution in [0.25, 0.3) is 0 Å². The fourth-order valence-corrected chi connectivity index (χ4v) is 2.80. The van der Waals surface area contributed by atoms with E-state index in [9.17, 15) is 0 Å². The quantitative estimate of drug-likeness (QED) is 0.867. The second kappa shape index (κ2) is 6.06. The summed E-state index contributed by atoms with van der Waals surface area (Å²) in [7, 11) is 1.74. The second-order valence-electron chi connectivity index (χ2n) is 5.09. The third-order valence-electron chi connectivity index (χ3n) is 3.93. The fourth-order valence-electron chi connectivity index (χ4n) is 2.80. The predicted octanol–water partition coefficient (Wildman–Crippen LogP) is 3.04. The zero-order valence-corrected chi connectivity index (χ0v) is 10.6. The van der Waals surface area contributed by atoms with Crippen LogP contribution >= 0.6 is 0 Å². The average molecular weight is 234 g/mol. The highest BCUT2D eigenvalue weighted by atomic mass is 16.5. The number of benzene rings is 1. The molecule has 1 N–H and O–H groups in total. The molecule has 0 radical (unpaired) electrons. The van der Waals surface area contributed by atoms with Gasteiger partial charge in [0.15, 0.2) is 0 Å². The lowest BCUT2D eigenvalue weighted by Crippen LogP contribution is -2.18. The Morgan fingerprint density at radius 3 is 2.41 bits per heavy atom. The smallest absolute Gasteiger partial charge is 0.122 e. The molecule has 0 heterocycles. The molecule has 2 rings (SSSR count). The van der Waals surface area contributed by atoms with Crippen molar-refractivity contribution >= 4 is 0 Å². The van der Waals surface area contributed by atoms with E-state index in [0.717, 1.165) is 18.1 Å². The van der Waals surface area contributed by atoms with Gasteiger partial charge in [-0.15, -0.1) is 0 Å². The molecule has 1 aromatic carbocycles. The average Bonchev–Trinajstić information content (AvgIpc) is 2.40. The van der Waals surface area contributed by atoms with Crippen molar-refractivity contribution in [2.75, 3.05) is 13.7 Å². The summed E-state index contributed by atoms with van der Waals surface area (Å²) in [5, 5.41) is 9.13. The number of ether oxygens (including phenoxy) is 1. The Morgan fingerprint density at radius 2 is 1.76 bits per heavy atom. The highest BCUT2D eigenvalue weighted by molar-refractivity contribution is 5.33. The Hall–Kier alpha value is -1.02. The molecule has 0 spiro atoms. The van der Waals surface area contributed by atoms with Gasteiger partial charge in [0, 0.05) is 6.61 Å². The Balaban J connectivity index is 1.93. The fraction of sp³-hybridized carbons (Fsp3) is 0.600. The van der Waals surface area contributed by atoms with E-state index in [1.54, 1.807) is 7.11 Å². The monoisotopic (exact) mass is 234 g/mol. The van der Waals surface area contributed by atoms with Gasteiger partial charge >= 0.3 is 0 Å². The minimum absolute atomic E-state index is 0.362. The van der Waals surface area contributed by atoms with Crippen molar-refractivity contribution in [1.29, 1.82) is 0 Å². The summed E-state index contributed by atoms with van der Waals surface area (Å²) >= 11 is 0. The minimum atomic E-state index is 0.362. The van der Waals surface area contributed by atoms with Gasteiger partial charge in [-0.25, -0.2) is 0 Å². The van der Waals surface area contributed by atoms with Crippen LogP contribution < -0.4 is 4.74 Å². The van der Waals surface area contributed by atoms with Gasteiger partial charge in [-0.05, 0) is 55.6 Å². The molecule has 2 nitrogen and oxygen atoms in total. The number of aliphatic hydroxyl groups excluding tert-OH is 1. The molecule has 1 fully saturated rings. The van der Waals surface area contributed by atoms with Crippen molar-refractivity contribution < 1.29 is 9.84 Å². The van der Waals surface area contributed by atoms with E-state index in [4.69, 9.17) is 9.84 Å². The van der Waals surface area contributed by atoms with Crippen molar-refractivity contribution in [2.45, 2.75) is 32.1 Å². The number of hydrogen-bond acceptors (Lipinski definition) is 2. The highest BCUT2D eigenvalue weighted by Gasteiger charge is 2.21. The summed E-state index contributed by atoms with van der Waals surface area (Å²) < 4.78 is 5.39. The lowest BCUT2D eigenvalue weighted by atomic mass is 9.79. The minimum Gasteiger partial charge on any atom is -0.496 e. The normalized spacial score (nSPS) is 24.6. The van der Waals surface area contributed by atoms with Crippen LogP contribution in [0.1, 0.15) is 31.2 Å². The third kappa shape index (κ3) is 3.22. The topological polar surface area (TPSA) is 29.5 Å². The summed E-state index contributed by atoms with van der Waals surface area (Å²) in [5.41, 5.74) is 1.32. The van der Waals surface area contributed by atoms with Gasteiger partial charge in [0.05, 0.1) is 7.11 Å². The predicted molar refractivity (Wildman–Crippen MR) is 69.2 cm³/mol. The number of rotatable bonds is 4. The maximum absolute atomic E-state index is 9.13. The Morgan fingerprint density at radius 1 is 1.12 bits per heavy atom. The summed E-state index contributed by atoms with van der Waals surface area (Å²) in [6.07, 6.45) is 5.95. The van der Waals surface area contributed by atoms with Crippen LogP contribution in [0.3, 0.4) is 0 Å². The van der Waals surface area contributed by atoms with Crippen LogP contribution in [0.15, 0.2) is 24.3 Å². The van der Waals surface area contributed by atoms with Crippen molar-refractivity contribution in [3.05, 3.63) is 29.8 Å². The molecule has 0 aromatic heterocycles. The lowest BCUT2D eigenvalue weighted by molar-refractivity contribution is 0.167. The Kier molecular flexibility index (Phi) is 4.43. The van der Waals surface area contributed by atoms with Gasteiger partial charge in [0.1, 0.15) is 5.75 Å². The highest BCUT2D eigenvalue weighted by Crippen LogP contribution is 2.32. The summed E-state index contributed by atoms with van der Waals surface area (Å²) in [6.45, 7) is 0.362. The summed E-state index contributed by atoms with van der Waals surface area (Å²) in [6, 6.07) is 8.30. The molecule has 17 heavy (non-hydrogen) atoms. The third-order valence-corrected chi connectivity index (χ3v) is 3.93. The molecule has 94 valence electrons. The summed E-state index contributed by atoms with van der Waals surface area (Å²) in [4.78, 5) is 0. The molecule has 2 heteroatoms. The van der Waals surface area contributed by atoms with Gasteiger partial charge in [-0.1, -0.05) is 18.2 Å². The van der Waals surface area contributed by atoms with E-state index in [2.05, 4.69) is 12.1 Å². The van der Waals surface area contributed by atoms with Crippen molar-refractivity contribution in [3.8, 4) is 5.75 Å². The van der Waals surface area contributed by atoms with Crippen LogP contribution in [0.4, 0.5) is 0 Å². The van der Waals surface area contributed by atoms with Gasteiger partial charge < -0.3 is 9.84 Å². The Bertz CT molecular complexity index is 341. The first-order valence-electron chi connectivity index (χ1n) is 6.56. The van der Waals surface area contributed by atoms with Crippen molar-refractivity contribution in [2.24, 2.45) is 11.8 Å². The number of aliphatic hydroxyl groups is 1. The van der Waals surface area contributed by atoms with Crippen LogP contribution in [-0.2, 0) is 6.42 Å². The first-order chi connectivity index (χ1) is 8.33. The number of hydrogen-bond donors (Lipinski definition) is 1. The number of methoxy groups -OCH3 is 1. The maximum Gasteiger partial charge on any atom is 0.122 e. The Labute approximate surface area is 104 Å². The van der Waals surface area contributed by atoms with E-state index in [1.807, 2.05) is 12.1 Å². The first kappa shape index (κ1) is 12.4. The zero-order valence-electron chi connectivity index (χ0n) is 10.6. The molecule has 0 amide bonds. The van der Waals surface area contributed by atoms with Gasteiger partial charge in [0.2, 0.25) is 0 Å². The molecule has 1 saturated carbocycles. The van der Waals surface area contributed by atoms with Gasteiger partial charge in [-0.2, -0.15) is 0 Å². The molecule has 0 atom stereocenters. The summed E-state index contributed by atoms with van der Waals surface area (Å²) in [5.74, 6) is 2.31. The van der Waals surface area contributed by atoms with Crippen LogP contribution in [0.2, 0.25) is 0 Å². The van der Waals surface area contributed by atoms with E-state index < -0.39 is 0 Å². The van der Waals surface area contributed by atoms with Crippen LogP contribution in [0.5, 0.6) is 5.75 Å². The van der Waals surface area contributed by atoms with Gasteiger partial charge in [0.25, 0.3) is 0 Å². The molecule has 1 aliphatic carbocycles. The standard InChI is InChI=1S/C15H22O2/c1-17-15-5-3-2-4-14(15)10-12-6-8-13(11-16)9-7-12/h2-5,12-13,16H,6-11H2,1H3. The molecule has 0 bridgehead atoms. The van der Waals surface area contributed by atoms with Crippen LogP contribution in [0, 0.1) is 11.8 Å². The van der Waals surface area contributed by atoms with Crippen LogP contribution in [-0.4, -0.2) is 18.8 Å². The second-order valence-corrected chi connectivity index (χ2v) is 5.09. The SMILES string of the molecule is COc1ccccc1CC1CCC(CO)CC1. The first-order valence-corrected chi connectivity index (χ1v) is 6.56. The van der Waals surface area contributed by atoms with E-state index in [1.165, 1.54) is 31.2 Å². The molecular formula is C15H22O2. The largest absolute Gasteiger partial charge is 0.496 e. The lowest BCUT2D eigenvalue weighted by Gasteiger charge is -2.27. The maximum atomic E-state index is 9.13. The van der Waals surface area contributed by atoms with E-state index in [0.29, 0.717) is 12.5 Å². The van der Waals surface area contributed by atoms with E-state index in [-0.39, 0.29) is 0 Å². The van der Waals surface area contributed by atoms with Gasteiger partial charge in [-0.3, -0.25) is 0 Å². The molecule has 1 aliphatic rings. The van der Waals surface area contributed by atoms with Crippen molar-refractivity contribution in [1.82, 2.24) is 0 Å². The number of para-hydroxylation sites is 1. The molecule has 0 unspecified atom stereocenters.